The number of carbonyl (C=O) groups excluding carboxylic acids is 2. The van der Waals surface area contributed by atoms with Gasteiger partial charge in [-0.2, -0.15) is 13.2 Å². The fourth-order valence-corrected chi connectivity index (χ4v) is 2.63. The summed E-state index contributed by atoms with van der Waals surface area (Å²) in [5.74, 6) is -1.81. The third-order valence-corrected chi connectivity index (χ3v) is 3.58. The number of rotatable bonds is 5. The van der Waals surface area contributed by atoms with E-state index in [-0.39, 0.29) is 41.0 Å². The summed E-state index contributed by atoms with van der Waals surface area (Å²) in [7, 11) is 0. The SMILES string of the molecule is NC(=O)c1cc(O)cc(CC2CCCC(=O)N2)c1OCC(F)(F)F. The summed E-state index contributed by atoms with van der Waals surface area (Å²) >= 11 is 0. The zero-order valence-electron chi connectivity index (χ0n) is 12.7. The lowest BCUT2D eigenvalue weighted by Gasteiger charge is -2.25. The van der Waals surface area contributed by atoms with Crippen LogP contribution in [0.2, 0.25) is 0 Å². The number of nitrogens with one attached hydrogen (secondary N) is 1. The fraction of sp³-hybridized carbons (Fsp3) is 0.467. The van der Waals surface area contributed by atoms with Gasteiger partial charge in [-0.25, -0.2) is 0 Å². The van der Waals surface area contributed by atoms with Crippen molar-refractivity contribution in [1.82, 2.24) is 5.32 Å². The topological polar surface area (TPSA) is 102 Å². The van der Waals surface area contributed by atoms with Crippen molar-refractivity contribution in [2.45, 2.75) is 37.9 Å². The van der Waals surface area contributed by atoms with Gasteiger partial charge in [-0.1, -0.05) is 0 Å². The van der Waals surface area contributed by atoms with Gasteiger partial charge in [-0.05, 0) is 31.4 Å². The van der Waals surface area contributed by atoms with Crippen LogP contribution in [0.15, 0.2) is 12.1 Å². The predicted octanol–water partition coefficient (Wildman–Crippen LogP) is 1.64. The number of phenolic OH excluding ortho intramolecular Hbond substituents is 1. The van der Waals surface area contributed by atoms with Gasteiger partial charge in [0.1, 0.15) is 11.5 Å². The van der Waals surface area contributed by atoms with Gasteiger partial charge in [-0.15, -0.1) is 0 Å². The summed E-state index contributed by atoms with van der Waals surface area (Å²) in [6.45, 7) is -1.60. The van der Waals surface area contributed by atoms with Crippen LogP contribution in [-0.4, -0.2) is 35.7 Å². The van der Waals surface area contributed by atoms with Crippen LogP contribution in [0.3, 0.4) is 0 Å². The van der Waals surface area contributed by atoms with E-state index in [9.17, 15) is 27.9 Å². The quantitative estimate of drug-likeness (QED) is 0.754. The molecule has 0 radical (unpaired) electrons. The molecule has 1 aliphatic heterocycles. The lowest BCUT2D eigenvalue weighted by atomic mass is 9.95. The van der Waals surface area contributed by atoms with Crippen molar-refractivity contribution in [1.29, 1.82) is 0 Å². The Hall–Kier alpha value is -2.45. The molecular weight excluding hydrogens is 329 g/mol. The Morgan fingerprint density at radius 3 is 2.71 bits per heavy atom. The third-order valence-electron chi connectivity index (χ3n) is 3.58. The minimum Gasteiger partial charge on any atom is -0.508 e. The molecule has 1 fully saturated rings. The molecule has 4 N–H and O–H groups in total. The van der Waals surface area contributed by atoms with Crippen LogP contribution in [0.4, 0.5) is 13.2 Å². The molecule has 132 valence electrons. The Morgan fingerprint density at radius 2 is 2.12 bits per heavy atom. The number of alkyl halides is 3. The van der Waals surface area contributed by atoms with Gasteiger partial charge in [0, 0.05) is 18.0 Å². The standard InChI is InChI=1S/C15H17F3N2O4/c16-15(17,18)7-24-13-8(4-9-2-1-3-12(22)20-9)5-10(21)6-11(13)14(19)23/h5-6,9,21H,1-4,7H2,(H2,19,23)(H,20,22). The van der Waals surface area contributed by atoms with Crippen LogP contribution < -0.4 is 15.8 Å². The first-order valence-electron chi connectivity index (χ1n) is 7.30. The van der Waals surface area contributed by atoms with Crippen LogP contribution in [0.5, 0.6) is 11.5 Å². The lowest BCUT2D eigenvalue weighted by Crippen LogP contribution is -2.40. The smallest absolute Gasteiger partial charge is 0.422 e. The molecule has 0 aromatic heterocycles. The van der Waals surface area contributed by atoms with Gasteiger partial charge < -0.3 is 20.9 Å². The number of halogens is 3. The van der Waals surface area contributed by atoms with E-state index < -0.39 is 18.7 Å². The number of carbonyl (C=O) groups is 2. The van der Waals surface area contributed by atoms with E-state index in [1.54, 1.807) is 0 Å². The lowest BCUT2D eigenvalue weighted by molar-refractivity contribution is -0.153. The molecule has 9 heteroatoms. The van der Waals surface area contributed by atoms with Crippen molar-refractivity contribution in [2.24, 2.45) is 5.73 Å². The molecule has 0 bridgehead atoms. The number of benzene rings is 1. The number of piperidine rings is 1. The molecule has 1 aromatic carbocycles. The number of nitrogens with two attached hydrogens (primary N) is 1. The molecule has 1 aliphatic rings. The molecule has 24 heavy (non-hydrogen) atoms. The number of primary amides is 1. The van der Waals surface area contributed by atoms with E-state index >= 15 is 0 Å². The van der Waals surface area contributed by atoms with Crippen molar-refractivity contribution in [3.05, 3.63) is 23.3 Å². The van der Waals surface area contributed by atoms with Crippen molar-refractivity contribution in [3.8, 4) is 11.5 Å². The molecular formula is C15H17F3N2O4. The second-order valence-corrected chi connectivity index (χ2v) is 5.61. The number of hydrogen-bond acceptors (Lipinski definition) is 4. The molecule has 1 atom stereocenters. The number of phenols is 1. The second-order valence-electron chi connectivity index (χ2n) is 5.61. The second kappa shape index (κ2) is 6.98. The number of hydrogen-bond donors (Lipinski definition) is 3. The zero-order valence-corrected chi connectivity index (χ0v) is 12.7. The van der Waals surface area contributed by atoms with Crippen LogP contribution in [0.1, 0.15) is 35.2 Å². The molecule has 2 rings (SSSR count). The highest BCUT2D eigenvalue weighted by Crippen LogP contribution is 2.32. The average molecular weight is 346 g/mol. The van der Waals surface area contributed by atoms with E-state index in [4.69, 9.17) is 10.5 Å². The molecule has 1 aromatic rings. The van der Waals surface area contributed by atoms with E-state index in [1.165, 1.54) is 6.07 Å². The minimum absolute atomic E-state index is 0.119. The van der Waals surface area contributed by atoms with Crippen molar-refractivity contribution < 1.29 is 32.6 Å². The summed E-state index contributed by atoms with van der Waals surface area (Å²) in [4.78, 5) is 22.9. The van der Waals surface area contributed by atoms with Crippen molar-refractivity contribution in [2.75, 3.05) is 6.61 Å². The van der Waals surface area contributed by atoms with E-state index in [0.29, 0.717) is 19.3 Å². The molecule has 0 spiro atoms. The highest BCUT2D eigenvalue weighted by Gasteiger charge is 2.30. The van der Waals surface area contributed by atoms with Crippen molar-refractivity contribution in [3.63, 3.8) is 0 Å². The van der Waals surface area contributed by atoms with Crippen LogP contribution in [-0.2, 0) is 11.2 Å². The average Bonchev–Trinajstić information content (AvgIpc) is 2.44. The first-order valence-corrected chi connectivity index (χ1v) is 7.30. The highest BCUT2D eigenvalue weighted by molar-refractivity contribution is 5.96. The van der Waals surface area contributed by atoms with Gasteiger partial charge in [0.05, 0.1) is 5.56 Å². The van der Waals surface area contributed by atoms with Crippen LogP contribution in [0, 0.1) is 0 Å². The number of amides is 2. The minimum atomic E-state index is -4.59. The molecule has 0 aliphatic carbocycles. The van der Waals surface area contributed by atoms with Gasteiger partial charge in [-0.3, -0.25) is 9.59 Å². The maximum atomic E-state index is 12.4. The monoisotopic (exact) mass is 346 g/mol. The van der Waals surface area contributed by atoms with Crippen LogP contribution >= 0.6 is 0 Å². The zero-order chi connectivity index (χ0) is 17.9. The molecule has 1 unspecified atom stereocenters. The number of aromatic hydroxyl groups is 1. The van der Waals surface area contributed by atoms with Gasteiger partial charge in [0.15, 0.2) is 6.61 Å². The Morgan fingerprint density at radius 1 is 1.42 bits per heavy atom. The summed E-state index contributed by atoms with van der Waals surface area (Å²) in [5.41, 5.74) is 5.01. The number of ether oxygens (including phenoxy) is 1. The fourth-order valence-electron chi connectivity index (χ4n) is 2.63. The maximum Gasteiger partial charge on any atom is 0.422 e. The summed E-state index contributed by atoms with van der Waals surface area (Å²) in [6.07, 6.45) is -2.81. The van der Waals surface area contributed by atoms with Crippen molar-refractivity contribution >= 4 is 11.8 Å². The Bertz CT molecular complexity index is 646. The normalized spacial score (nSPS) is 18.1. The molecule has 2 amide bonds. The highest BCUT2D eigenvalue weighted by atomic mass is 19.4. The predicted molar refractivity (Wildman–Crippen MR) is 77.7 cm³/mol. The third kappa shape index (κ3) is 4.77. The summed E-state index contributed by atoms with van der Waals surface area (Å²) in [5, 5.41) is 12.4. The van der Waals surface area contributed by atoms with E-state index in [1.807, 2.05) is 0 Å². The van der Waals surface area contributed by atoms with Gasteiger partial charge >= 0.3 is 6.18 Å². The first-order chi connectivity index (χ1) is 11.2. The Labute approximate surface area is 135 Å². The van der Waals surface area contributed by atoms with Gasteiger partial charge in [0.2, 0.25) is 5.91 Å². The summed E-state index contributed by atoms with van der Waals surface area (Å²) < 4.78 is 42.1. The molecule has 1 heterocycles. The van der Waals surface area contributed by atoms with E-state index in [2.05, 4.69) is 5.32 Å². The Balaban J connectivity index is 2.32. The molecule has 1 saturated heterocycles. The van der Waals surface area contributed by atoms with Gasteiger partial charge in [0.25, 0.3) is 5.91 Å². The van der Waals surface area contributed by atoms with Crippen LogP contribution in [0.25, 0.3) is 0 Å². The largest absolute Gasteiger partial charge is 0.508 e. The maximum absolute atomic E-state index is 12.4. The first kappa shape index (κ1) is 17.9. The summed E-state index contributed by atoms with van der Waals surface area (Å²) in [6, 6.07) is 1.85. The Kier molecular flexibility index (Phi) is 5.20. The molecule has 6 nitrogen and oxygen atoms in total. The van der Waals surface area contributed by atoms with E-state index in [0.717, 1.165) is 6.07 Å². The molecule has 0 saturated carbocycles.